The van der Waals surface area contributed by atoms with E-state index in [2.05, 4.69) is 5.32 Å². The molecule has 2 aromatic rings. The number of aromatic hydroxyl groups is 2. The van der Waals surface area contributed by atoms with E-state index in [1.54, 1.807) is 42.5 Å². The summed E-state index contributed by atoms with van der Waals surface area (Å²) < 4.78 is 0. The van der Waals surface area contributed by atoms with Crippen LogP contribution in [0.25, 0.3) is 0 Å². The third kappa shape index (κ3) is 2.20. The highest BCUT2D eigenvalue weighted by Crippen LogP contribution is 2.26. The minimum absolute atomic E-state index is 0.200. The van der Waals surface area contributed by atoms with Crippen LogP contribution in [-0.4, -0.2) is 10.2 Å². The first kappa shape index (κ1) is 9.40. The molecule has 0 saturated carbocycles. The number of anilines is 2. The van der Waals surface area contributed by atoms with Gasteiger partial charge in [0.2, 0.25) is 0 Å². The molecule has 2 aromatic carbocycles. The Morgan fingerprint density at radius 2 is 1.47 bits per heavy atom. The van der Waals surface area contributed by atoms with Crippen molar-refractivity contribution in [3.8, 4) is 11.5 Å². The maximum atomic E-state index is 9.51. The number of rotatable bonds is 2. The van der Waals surface area contributed by atoms with Crippen molar-refractivity contribution in [1.29, 1.82) is 0 Å². The first-order valence-corrected chi connectivity index (χ1v) is 4.60. The highest BCUT2D eigenvalue weighted by atomic mass is 16.3. The van der Waals surface area contributed by atoms with Crippen LogP contribution < -0.4 is 5.32 Å². The normalized spacial score (nSPS) is 9.87. The number of phenols is 2. The van der Waals surface area contributed by atoms with Gasteiger partial charge in [-0.05, 0) is 36.4 Å². The number of para-hydroxylation sites is 2. The zero-order chi connectivity index (χ0) is 10.7. The van der Waals surface area contributed by atoms with Gasteiger partial charge >= 0.3 is 0 Å². The number of nitrogens with one attached hydrogen (secondary N) is 1. The molecule has 0 bridgehead atoms. The molecule has 0 saturated heterocycles. The Morgan fingerprint density at radius 1 is 0.800 bits per heavy atom. The van der Waals surface area contributed by atoms with E-state index in [0.717, 1.165) is 5.69 Å². The van der Waals surface area contributed by atoms with E-state index in [0.29, 0.717) is 5.69 Å². The Hall–Kier alpha value is -2.16. The molecule has 0 spiro atoms. The van der Waals surface area contributed by atoms with Gasteiger partial charge in [-0.3, -0.25) is 0 Å². The van der Waals surface area contributed by atoms with Gasteiger partial charge < -0.3 is 15.5 Å². The lowest BCUT2D eigenvalue weighted by atomic mass is 10.2. The van der Waals surface area contributed by atoms with Gasteiger partial charge in [-0.2, -0.15) is 0 Å². The second-order valence-corrected chi connectivity index (χ2v) is 3.19. The zero-order valence-electron chi connectivity index (χ0n) is 8.01. The van der Waals surface area contributed by atoms with Crippen LogP contribution in [0.2, 0.25) is 0 Å². The molecule has 0 radical (unpaired) electrons. The number of hydrogen-bond donors (Lipinski definition) is 3. The lowest BCUT2D eigenvalue weighted by molar-refractivity contribution is 0.475. The summed E-state index contributed by atoms with van der Waals surface area (Å²) in [5.74, 6) is 0.420. The van der Waals surface area contributed by atoms with Crippen LogP contribution in [0.3, 0.4) is 0 Å². The van der Waals surface area contributed by atoms with Gasteiger partial charge in [-0.25, -0.2) is 0 Å². The molecule has 15 heavy (non-hydrogen) atoms. The molecule has 2 rings (SSSR count). The summed E-state index contributed by atoms with van der Waals surface area (Å²) >= 11 is 0. The monoisotopic (exact) mass is 201 g/mol. The predicted molar refractivity (Wildman–Crippen MR) is 59.5 cm³/mol. The summed E-state index contributed by atoms with van der Waals surface area (Å²) in [7, 11) is 0. The molecule has 0 aromatic heterocycles. The fourth-order valence-corrected chi connectivity index (χ4v) is 1.28. The van der Waals surface area contributed by atoms with Crippen molar-refractivity contribution < 1.29 is 10.2 Å². The molecule has 0 aliphatic carbocycles. The summed E-state index contributed by atoms with van der Waals surface area (Å²) in [4.78, 5) is 0. The van der Waals surface area contributed by atoms with Crippen molar-refractivity contribution in [2.24, 2.45) is 0 Å². The molecule has 3 heteroatoms. The molecule has 0 amide bonds. The Labute approximate surface area is 87.6 Å². The highest BCUT2D eigenvalue weighted by molar-refractivity contribution is 5.65. The van der Waals surface area contributed by atoms with E-state index in [9.17, 15) is 5.11 Å². The van der Waals surface area contributed by atoms with E-state index >= 15 is 0 Å². The molecular formula is C12H11NO2. The SMILES string of the molecule is Oc1ccc(Nc2ccccc2O)cc1. The quantitative estimate of drug-likeness (QED) is 0.517. The standard InChI is InChI=1S/C12H11NO2/c14-10-7-5-9(6-8-10)13-11-3-1-2-4-12(11)15/h1-8,13-15H. The Kier molecular flexibility index (Phi) is 2.46. The number of benzene rings is 2. The molecule has 0 aliphatic rings. The second kappa shape index (κ2) is 3.92. The van der Waals surface area contributed by atoms with Crippen LogP contribution in [-0.2, 0) is 0 Å². The first-order valence-electron chi connectivity index (χ1n) is 4.60. The third-order valence-corrected chi connectivity index (χ3v) is 2.05. The Balaban J connectivity index is 2.22. The molecular weight excluding hydrogens is 190 g/mol. The van der Waals surface area contributed by atoms with Crippen LogP contribution in [0, 0.1) is 0 Å². The summed E-state index contributed by atoms with van der Waals surface area (Å²) in [6, 6.07) is 13.6. The van der Waals surface area contributed by atoms with E-state index < -0.39 is 0 Å². The molecule has 0 atom stereocenters. The molecule has 76 valence electrons. The fraction of sp³-hybridized carbons (Fsp3) is 0. The van der Waals surface area contributed by atoms with Crippen molar-refractivity contribution in [2.75, 3.05) is 5.32 Å². The van der Waals surface area contributed by atoms with Gasteiger partial charge in [-0.15, -0.1) is 0 Å². The van der Waals surface area contributed by atoms with Crippen LogP contribution in [0.1, 0.15) is 0 Å². The van der Waals surface area contributed by atoms with Crippen LogP contribution in [0.15, 0.2) is 48.5 Å². The summed E-state index contributed by atoms with van der Waals surface area (Å²) in [5.41, 5.74) is 1.46. The van der Waals surface area contributed by atoms with E-state index in [1.807, 2.05) is 6.07 Å². The fourth-order valence-electron chi connectivity index (χ4n) is 1.28. The van der Waals surface area contributed by atoms with Crippen molar-refractivity contribution in [2.45, 2.75) is 0 Å². The van der Waals surface area contributed by atoms with Gasteiger partial charge in [0.15, 0.2) is 0 Å². The van der Waals surface area contributed by atoms with Crippen LogP contribution >= 0.6 is 0 Å². The largest absolute Gasteiger partial charge is 0.508 e. The van der Waals surface area contributed by atoms with Gasteiger partial charge in [0.1, 0.15) is 11.5 Å². The minimum Gasteiger partial charge on any atom is -0.508 e. The molecule has 0 aliphatic heterocycles. The van der Waals surface area contributed by atoms with Crippen molar-refractivity contribution in [1.82, 2.24) is 0 Å². The average Bonchev–Trinajstić information content (AvgIpc) is 2.25. The van der Waals surface area contributed by atoms with Crippen LogP contribution in [0.4, 0.5) is 11.4 Å². The molecule has 3 N–H and O–H groups in total. The second-order valence-electron chi connectivity index (χ2n) is 3.19. The summed E-state index contributed by atoms with van der Waals surface area (Å²) in [6.45, 7) is 0. The summed E-state index contributed by atoms with van der Waals surface area (Å²) in [5, 5.41) is 21.7. The topological polar surface area (TPSA) is 52.5 Å². The maximum Gasteiger partial charge on any atom is 0.139 e. The van der Waals surface area contributed by atoms with Gasteiger partial charge in [0.25, 0.3) is 0 Å². The average molecular weight is 201 g/mol. The molecule has 3 nitrogen and oxygen atoms in total. The van der Waals surface area contributed by atoms with Crippen molar-refractivity contribution in [3.63, 3.8) is 0 Å². The van der Waals surface area contributed by atoms with Crippen molar-refractivity contribution >= 4 is 11.4 Å². The molecule has 0 unspecified atom stereocenters. The first-order chi connectivity index (χ1) is 7.25. The van der Waals surface area contributed by atoms with Crippen LogP contribution in [0.5, 0.6) is 11.5 Å². The summed E-state index contributed by atoms with van der Waals surface area (Å²) in [6.07, 6.45) is 0. The van der Waals surface area contributed by atoms with Crippen molar-refractivity contribution in [3.05, 3.63) is 48.5 Å². The third-order valence-electron chi connectivity index (χ3n) is 2.05. The Bertz CT molecular complexity index is 451. The Morgan fingerprint density at radius 3 is 2.13 bits per heavy atom. The number of hydrogen-bond acceptors (Lipinski definition) is 3. The zero-order valence-corrected chi connectivity index (χ0v) is 8.01. The maximum absolute atomic E-state index is 9.51. The van der Waals surface area contributed by atoms with Gasteiger partial charge in [0, 0.05) is 5.69 Å². The van der Waals surface area contributed by atoms with Gasteiger partial charge in [0.05, 0.1) is 5.69 Å². The van der Waals surface area contributed by atoms with Gasteiger partial charge in [-0.1, -0.05) is 12.1 Å². The van der Waals surface area contributed by atoms with E-state index in [-0.39, 0.29) is 11.5 Å². The lowest BCUT2D eigenvalue weighted by Gasteiger charge is -2.07. The van der Waals surface area contributed by atoms with E-state index in [1.165, 1.54) is 0 Å². The predicted octanol–water partition coefficient (Wildman–Crippen LogP) is 2.84. The highest BCUT2D eigenvalue weighted by Gasteiger charge is 1.99. The lowest BCUT2D eigenvalue weighted by Crippen LogP contribution is -1.89. The smallest absolute Gasteiger partial charge is 0.139 e. The number of phenolic OH excluding ortho intramolecular Hbond substituents is 2. The van der Waals surface area contributed by atoms with E-state index in [4.69, 9.17) is 5.11 Å². The molecule has 0 heterocycles. The molecule has 0 fully saturated rings. The minimum atomic E-state index is 0.200.